The van der Waals surface area contributed by atoms with Crippen molar-refractivity contribution < 1.29 is 27.4 Å². The standard InChI is InChI=1S/C25H36N4O6PS/c1-24(2,3)10-11-29-23(31)20(21(30)25(29)14-15-6-7-16(25)12-15)22-26-18-9-8-17(28-37(5,33)34)13-19(18)36(32,27-22)35-4/h8-9,13,15-16,20,28,32H,6-7,10-12,14H2,1-5H3,(H,26,27)/q+1. The van der Waals surface area contributed by atoms with E-state index in [-0.39, 0.29) is 39.9 Å². The van der Waals surface area contributed by atoms with Crippen LogP contribution < -0.4 is 15.3 Å². The van der Waals surface area contributed by atoms with Crippen molar-refractivity contribution in [1.82, 2.24) is 4.90 Å². The average molecular weight is 552 g/mol. The van der Waals surface area contributed by atoms with Crippen LogP contribution in [0.25, 0.3) is 0 Å². The number of benzene rings is 1. The Morgan fingerprint density at radius 2 is 2.03 bits per heavy atom. The Labute approximate surface area is 218 Å². The van der Waals surface area contributed by atoms with Gasteiger partial charge in [0.15, 0.2) is 17.5 Å². The summed E-state index contributed by atoms with van der Waals surface area (Å²) in [6, 6.07) is 4.60. The summed E-state index contributed by atoms with van der Waals surface area (Å²) in [6.07, 6.45) is 5.49. The molecule has 0 aromatic heterocycles. The highest BCUT2D eigenvalue weighted by Crippen LogP contribution is 2.61. The fourth-order valence-corrected chi connectivity index (χ4v) is 8.72. The second-order valence-electron chi connectivity index (χ2n) is 12.0. The highest BCUT2D eigenvalue weighted by atomic mass is 32.2. The normalized spacial score (nSPS) is 33.1. The first-order chi connectivity index (χ1) is 17.2. The fraction of sp³-hybridized carbons (Fsp3) is 0.640. The van der Waals surface area contributed by atoms with Crippen molar-refractivity contribution in [3.63, 3.8) is 0 Å². The van der Waals surface area contributed by atoms with Crippen molar-refractivity contribution in [3.05, 3.63) is 18.2 Å². The van der Waals surface area contributed by atoms with Gasteiger partial charge in [-0.05, 0) is 66.3 Å². The second kappa shape index (κ2) is 8.73. The quantitative estimate of drug-likeness (QED) is 0.365. The van der Waals surface area contributed by atoms with Crippen LogP contribution in [0.2, 0.25) is 0 Å². The number of amides is 1. The zero-order valence-electron chi connectivity index (χ0n) is 21.9. The van der Waals surface area contributed by atoms with E-state index in [1.54, 1.807) is 12.1 Å². The summed E-state index contributed by atoms with van der Waals surface area (Å²) in [6.45, 7) is 6.88. The molecule has 37 heavy (non-hydrogen) atoms. The van der Waals surface area contributed by atoms with Crippen LogP contribution in [0.15, 0.2) is 23.0 Å². The van der Waals surface area contributed by atoms with Crippen molar-refractivity contribution in [2.45, 2.75) is 58.4 Å². The molecule has 3 N–H and O–H groups in total. The minimum Gasteiger partial charge on any atom is -0.336 e. The van der Waals surface area contributed by atoms with E-state index in [2.05, 4.69) is 35.6 Å². The Morgan fingerprint density at radius 1 is 1.30 bits per heavy atom. The number of carbonyl (C=O) groups excluding carboxylic acids is 2. The second-order valence-corrected chi connectivity index (χ2v) is 15.9. The Balaban J connectivity index is 1.53. The van der Waals surface area contributed by atoms with Gasteiger partial charge in [-0.3, -0.25) is 14.3 Å². The lowest BCUT2D eigenvalue weighted by Gasteiger charge is -2.41. The first kappa shape index (κ1) is 26.5. The molecule has 1 aromatic carbocycles. The molecule has 1 spiro atoms. The summed E-state index contributed by atoms with van der Waals surface area (Å²) in [7, 11) is -5.86. The van der Waals surface area contributed by atoms with Gasteiger partial charge in [-0.1, -0.05) is 20.8 Å². The highest BCUT2D eigenvalue weighted by molar-refractivity contribution is 7.92. The Kier molecular flexibility index (Phi) is 6.26. The molecule has 4 aliphatic rings. The van der Waals surface area contributed by atoms with E-state index in [1.807, 2.05) is 4.90 Å². The summed E-state index contributed by atoms with van der Waals surface area (Å²) in [5.41, 5.74) is -0.135. The van der Waals surface area contributed by atoms with Crippen LogP contribution in [0.5, 0.6) is 0 Å². The van der Waals surface area contributed by atoms with Gasteiger partial charge in [-0.25, -0.2) is 8.42 Å². The van der Waals surface area contributed by atoms with Crippen molar-refractivity contribution in [1.29, 1.82) is 0 Å². The van der Waals surface area contributed by atoms with Crippen LogP contribution in [0.3, 0.4) is 0 Å². The molecule has 2 aliphatic carbocycles. The third kappa shape index (κ3) is 4.47. The van der Waals surface area contributed by atoms with Crippen molar-refractivity contribution in [2.75, 3.05) is 29.9 Å². The lowest BCUT2D eigenvalue weighted by molar-refractivity contribution is -0.136. The van der Waals surface area contributed by atoms with E-state index in [4.69, 9.17) is 4.52 Å². The van der Waals surface area contributed by atoms with Crippen LogP contribution >= 0.6 is 7.87 Å². The van der Waals surface area contributed by atoms with Gasteiger partial charge in [0.2, 0.25) is 21.2 Å². The van der Waals surface area contributed by atoms with Gasteiger partial charge in [0.05, 0.1) is 24.7 Å². The van der Waals surface area contributed by atoms with Gasteiger partial charge in [0, 0.05) is 12.6 Å². The van der Waals surface area contributed by atoms with Gasteiger partial charge < -0.3 is 10.2 Å². The van der Waals surface area contributed by atoms with Crippen molar-refractivity contribution in [2.24, 2.45) is 27.9 Å². The number of Topliss-reactive ketones (excluding diaryl/α,β-unsaturated/α-hetero) is 1. The summed E-state index contributed by atoms with van der Waals surface area (Å²) < 4.78 is 35.7. The Bertz CT molecular complexity index is 1290. The summed E-state index contributed by atoms with van der Waals surface area (Å²) in [4.78, 5) is 41.5. The van der Waals surface area contributed by atoms with Gasteiger partial charge >= 0.3 is 7.87 Å². The molecule has 12 heteroatoms. The molecule has 2 bridgehead atoms. The van der Waals surface area contributed by atoms with Crippen LogP contribution in [0.1, 0.15) is 52.9 Å². The Hall–Kier alpha value is -2.07. The largest absolute Gasteiger partial charge is 0.431 e. The predicted molar refractivity (Wildman–Crippen MR) is 144 cm³/mol. The summed E-state index contributed by atoms with van der Waals surface area (Å²) in [5, 5.41) is 3.40. The molecule has 5 unspecified atom stereocenters. The number of nitrogens with one attached hydrogen (secondary N) is 2. The number of rotatable bonds is 6. The third-order valence-electron chi connectivity index (χ3n) is 8.23. The lowest BCUT2D eigenvalue weighted by atomic mass is 9.76. The van der Waals surface area contributed by atoms with Crippen LogP contribution in [-0.2, 0) is 24.1 Å². The molecular weight excluding hydrogens is 515 g/mol. The number of nitrogens with zero attached hydrogens (tertiary/aromatic N) is 2. The van der Waals surface area contributed by atoms with E-state index < -0.39 is 29.3 Å². The molecule has 2 heterocycles. The SMILES string of the molecule is CO[P+]1(O)N=C(C2C(=O)N(CCC(C)(C)C)C3(CC4CCC3C4)C2=O)Nc2ccc(NS(C)(=O)=O)cc21. The zero-order chi connectivity index (χ0) is 27.0. The number of hydrogen-bond acceptors (Lipinski definition) is 8. The molecule has 3 fully saturated rings. The molecular formula is C25H36N4O6PS+. The third-order valence-corrected chi connectivity index (χ3v) is 10.8. The molecule has 5 atom stereocenters. The van der Waals surface area contributed by atoms with E-state index in [0.717, 1.165) is 31.9 Å². The van der Waals surface area contributed by atoms with Crippen LogP contribution in [0, 0.1) is 23.2 Å². The first-order valence-electron chi connectivity index (χ1n) is 12.7. The van der Waals surface area contributed by atoms with Gasteiger partial charge in [0.25, 0.3) is 0 Å². The maximum absolute atomic E-state index is 14.2. The molecule has 2 aliphatic heterocycles. The number of sulfonamides is 1. The topological polar surface area (TPSA) is 137 Å². The molecule has 0 radical (unpaired) electrons. The minimum atomic E-state index is -3.64. The van der Waals surface area contributed by atoms with Crippen LogP contribution in [0.4, 0.5) is 11.4 Å². The molecule has 1 saturated heterocycles. The maximum atomic E-state index is 14.2. The van der Waals surface area contributed by atoms with Crippen molar-refractivity contribution >= 4 is 52.1 Å². The predicted octanol–water partition coefficient (Wildman–Crippen LogP) is 2.93. The van der Waals surface area contributed by atoms with Gasteiger partial charge in [-0.15, -0.1) is 0 Å². The van der Waals surface area contributed by atoms with Crippen LogP contribution in [-0.4, -0.2) is 61.2 Å². The number of hydrogen-bond donors (Lipinski definition) is 3. The summed E-state index contributed by atoms with van der Waals surface area (Å²) >= 11 is 0. The van der Waals surface area contributed by atoms with E-state index in [9.17, 15) is 22.9 Å². The molecule has 202 valence electrons. The number of anilines is 2. The average Bonchev–Trinajstić information content (AvgIpc) is 3.45. The molecule has 1 aromatic rings. The lowest BCUT2D eigenvalue weighted by Crippen LogP contribution is -2.54. The van der Waals surface area contributed by atoms with E-state index in [0.29, 0.717) is 24.6 Å². The zero-order valence-corrected chi connectivity index (χ0v) is 23.7. The van der Waals surface area contributed by atoms with E-state index in [1.165, 1.54) is 13.2 Å². The number of ketones is 1. The molecule has 5 rings (SSSR count). The monoisotopic (exact) mass is 551 g/mol. The number of carbonyl (C=O) groups is 2. The van der Waals surface area contributed by atoms with Crippen molar-refractivity contribution in [3.8, 4) is 0 Å². The Morgan fingerprint density at radius 3 is 2.59 bits per heavy atom. The molecule has 10 nitrogen and oxygen atoms in total. The summed E-state index contributed by atoms with van der Waals surface area (Å²) in [5.74, 6) is -0.840. The minimum absolute atomic E-state index is 0.000679. The van der Waals surface area contributed by atoms with E-state index >= 15 is 0 Å². The van der Waals surface area contributed by atoms with Gasteiger partial charge in [-0.2, -0.15) is 9.42 Å². The smallest absolute Gasteiger partial charge is 0.336 e. The first-order valence-corrected chi connectivity index (χ1v) is 16.2. The molecule has 1 amide bonds. The maximum Gasteiger partial charge on any atom is 0.431 e. The number of fused-ring (bicyclic) bond motifs is 4. The number of amidine groups is 1. The highest BCUT2D eigenvalue weighted by Gasteiger charge is 2.68. The fourth-order valence-electron chi connectivity index (χ4n) is 6.57. The van der Waals surface area contributed by atoms with Gasteiger partial charge in [0.1, 0.15) is 5.54 Å². The molecule has 2 saturated carbocycles. The number of likely N-dealkylation sites (tertiary alicyclic amines) is 1.